The maximum Gasteiger partial charge on any atom is 0.0339 e. The summed E-state index contributed by atoms with van der Waals surface area (Å²) in [5.41, 5.74) is 7.08. The Balaban J connectivity index is 1.82. The van der Waals surface area contributed by atoms with Crippen molar-refractivity contribution in [1.29, 1.82) is 0 Å². The smallest absolute Gasteiger partial charge is 0.0339 e. The summed E-state index contributed by atoms with van der Waals surface area (Å²) >= 11 is 0. The van der Waals surface area contributed by atoms with E-state index in [1.807, 2.05) is 0 Å². The van der Waals surface area contributed by atoms with Crippen molar-refractivity contribution in [2.45, 2.75) is 70.4 Å². The van der Waals surface area contributed by atoms with Crippen LogP contribution in [-0.4, -0.2) is 29.6 Å². The van der Waals surface area contributed by atoms with Crippen molar-refractivity contribution in [2.24, 2.45) is 17.1 Å². The van der Waals surface area contributed by atoms with E-state index in [-0.39, 0.29) is 0 Å². The molecule has 3 fully saturated rings. The fraction of sp³-hybridized carbons (Fsp3) is 1.00. The maximum absolute atomic E-state index is 6.23. The Hall–Kier alpha value is -0.0800. The van der Waals surface area contributed by atoms with Crippen molar-refractivity contribution in [3.05, 3.63) is 0 Å². The number of piperidine rings is 1. The number of nitrogens with two attached hydrogens (primary N) is 1. The Labute approximate surface area is 106 Å². The predicted octanol–water partition coefficient (Wildman–Crippen LogP) is 2.77. The van der Waals surface area contributed by atoms with Gasteiger partial charge in [0.1, 0.15) is 0 Å². The van der Waals surface area contributed by atoms with E-state index >= 15 is 0 Å². The van der Waals surface area contributed by atoms with Crippen LogP contribution in [0.2, 0.25) is 0 Å². The predicted molar refractivity (Wildman–Crippen MR) is 71.9 cm³/mol. The molecular formula is C15H28N2. The van der Waals surface area contributed by atoms with Crippen molar-refractivity contribution in [1.82, 2.24) is 4.90 Å². The molecule has 1 aliphatic heterocycles. The molecule has 0 aromatic carbocycles. The first-order valence-electron chi connectivity index (χ1n) is 7.52. The largest absolute Gasteiger partial charge is 0.329 e. The molecule has 3 aliphatic rings. The van der Waals surface area contributed by atoms with Gasteiger partial charge in [0.25, 0.3) is 0 Å². The van der Waals surface area contributed by atoms with E-state index in [0.717, 1.165) is 18.5 Å². The van der Waals surface area contributed by atoms with Gasteiger partial charge in [0, 0.05) is 24.7 Å². The molecule has 0 aromatic heterocycles. The molecule has 98 valence electrons. The minimum Gasteiger partial charge on any atom is -0.329 e. The number of likely N-dealkylation sites (tertiary alicyclic amines) is 1. The van der Waals surface area contributed by atoms with Crippen LogP contribution in [0, 0.1) is 11.3 Å². The minimum atomic E-state index is 0.349. The fourth-order valence-corrected chi connectivity index (χ4v) is 5.01. The van der Waals surface area contributed by atoms with Crippen molar-refractivity contribution < 1.29 is 0 Å². The van der Waals surface area contributed by atoms with Crippen LogP contribution < -0.4 is 5.73 Å². The van der Waals surface area contributed by atoms with Gasteiger partial charge in [-0.3, -0.25) is 4.90 Å². The second kappa shape index (κ2) is 3.96. The van der Waals surface area contributed by atoms with Gasteiger partial charge >= 0.3 is 0 Å². The quantitative estimate of drug-likeness (QED) is 0.799. The average Bonchev–Trinajstić information content (AvgIpc) is 2.89. The van der Waals surface area contributed by atoms with Gasteiger partial charge in [-0.15, -0.1) is 0 Å². The number of nitrogens with zero attached hydrogens (tertiary/aromatic N) is 1. The Morgan fingerprint density at radius 3 is 2.59 bits per heavy atom. The first kappa shape index (κ1) is 12.0. The molecule has 1 heterocycles. The Bertz CT molecular complexity index is 299. The number of hydrogen-bond acceptors (Lipinski definition) is 2. The topological polar surface area (TPSA) is 29.3 Å². The van der Waals surface area contributed by atoms with Crippen LogP contribution in [0.4, 0.5) is 0 Å². The van der Waals surface area contributed by atoms with Gasteiger partial charge in [-0.05, 0) is 49.9 Å². The van der Waals surface area contributed by atoms with E-state index in [1.54, 1.807) is 0 Å². The summed E-state index contributed by atoms with van der Waals surface area (Å²) in [7, 11) is 0. The lowest BCUT2D eigenvalue weighted by Crippen LogP contribution is -2.59. The molecule has 17 heavy (non-hydrogen) atoms. The highest BCUT2D eigenvalue weighted by atomic mass is 15.3. The molecule has 2 bridgehead atoms. The number of hydrogen-bond donors (Lipinski definition) is 1. The molecule has 0 spiro atoms. The summed E-state index contributed by atoms with van der Waals surface area (Å²) in [5.74, 6) is 0.994. The lowest BCUT2D eigenvalue weighted by atomic mass is 9.67. The Morgan fingerprint density at radius 2 is 2.06 bits per heavy atom. The maximum atomic E-state index is 6.23. The summed E-state index contributed by atoms with van der Waals surface area (Å²) in [6, 6.07) is 0.873. The van der Waals surface area contributed by atoms with E-state index in [0.29, 0.717) is 11.0 Å². The van der Waals surface area contributed by atoms with Gasteiger partial charge < -0.3 is 5.73 Å². The molecule has 1 saturated heterocycles. The third-order valence-electron chi connectivity index (χ3n) is 5.70. The molecule has 0 amide bonds. The van der Waals surface area contributed by atoms with Crippen LogP contribution in [0.15, 0.2) is 0 Å². The second-order valence-electron chi connectivity index (χ2n) is 7.61. The van der Waals surface area contributed by atoms with Crippen LogP contribution in [0.1, 0.15) is 58.8 Å². The lowest BCUT2D eigenvalue weighted by Gasteiger charge is -2.52. The highest BCUT2D eigenvalue weighted by Gasteiger charge is 2.50. The van der Waals surface area contributed by atoms with Crippen LogP contribution in [0.5, 0.6) is 0 Å². The van der Waals surface area contributed by atoms with Gasteiger partial charge in [0.05, 0.1) is 0 Å². The van der Waals surface area contributed by atoms with E-state index in [9.17, 15) is 0 Å². The molecule has 2 heteroatoms. The normalized spacial score (nSPS) is 45.4. The monoisotopic (exact) mass is 236 g/mol. The molecule has 2 nitrogen and oxygen atoms in total. The number of rotatable bonds is 2. The molecule has 2 aliphatic carbocycles. The van der Waals surface area contributed by atoms with Crippen LogP contribution >= 0.6 is 0 Å². The highest BCUT2D eigenvalue weighted by Crippen LogP contribution is 2.49. The summed E-state index contributed by atoms with van der Waals surface area (Å²) in [6.07, 6.45) is 9.80. The first-order chi connectivity index (χ1) is 8.05. The second-order valence-corrected chi connectivity index (χ2v) is 7.61. The minimum absolute atomic E-state index is 0.349. The summed E-state index contributed by atoms with van der Waals surface area (Å²) in [4.78, 5) is 2.84. The molecule has 3 rings (SSSR count). The Morgan fingerprint density at radius 1 is 1.24 bits per heavy atom. The molecule has 0 radical (unpaired) electrons. The summed E-state index contributed by atoms with van der Waals surface area (Å²) in [5, 5.41) is 0. The third-order valence-corrected chi connectivity index (χ3v) is 5.70. The van der Waals surface area contributed by atoms with Gasteiger partial charge in [0.15, 0.2) is 0 Å². The van der Waals surface area contributed by atoms with E-state index in [1.165, 1.54) is 51.5 Å². The highest BCUT2D eigenvalue weighted by molar-refractivity contribution is 5.06. The van der Waals surface area contributed by atoms with Crippen molar-refractivity contribution >= 4 is 0 Å². The van der Waals surface area contributed by atoms with Gasteiger partial charge in [-0.1, -0.05) is 20.3 Å². The van der Waals surface area contributed by atoms with E-state index in [4.69, 9.17) is 5.73 Å². The zero-order valence-electron chi connectivity index (χ0n) is 11.5. The third kappa shape index (κ3) is 1.94. The van der Waals surface area contributed by atoms with E-state index in [2.05, 4.69) is 18.7 Å². The van der Waals surface area contributed by atoms with Gasteiger partial charge in [-0.2, -0.15) is 0 Å². The zero-order valence-corrected chi connectivity index (χ0v) is 11.5. The molecule has 2 saturated carbocycles. The Kier molecular flexibility index (Phi) is 2.79. The molecule has 2 N–H and O–H groups in total. The van der Waals surface area contributed by atoms with Crippen molar-refractivity contribution in [3.63, 3.8) is 0 Å². The van der Waals surface area contributed by atoms with Gasteiger partial charge in [0.2, 0.25) is 0 Å². The molecule has 3 unspecified atom stereocenters. The lowest BCUT2D eigenvalue weighted by molar-refractivity contribution is -0.00955. The average molecular weight is 236 g/mol. The number of fused-ring (bicyclic) bond motifs is 2. The van der Waals surface area contributed by atoms with Crippen LogP contribution in [-0.2, 0) is 0 Å². The van der Waals surface area contributed by atoms with Gasteiger partial charge in [-0.25, -0.2) is 0 Å². The van der Waals surface area contributed by atoms with Crippen LogP contribution in [0.3, 0.4) is 0 Å². The summed E-state index contributed by atoms with van der Waals surface area (Å²) < 4.78 is 0. The standard InChI is InChI=1S/C15H28N2/c1-14(2)6-3-7-15(10-14,11-16)17-9-12-4-5-13(17)8-12/h12-13H,3-11,16H2,1-2H3. The molecule has 0 aromatic rings. The zero-order chi connectivity index (χ0) is 12.1. The molecule has 3 atom stereocenters. The summed E-state index contributed by atoms with van der Waals surface area (Å²) in [6.45, 7) is 7.09. The van der Waals surface area contributed by atoms with Crippen molar-refractivity contribution in [2.75, 3.05) is 13.1 Å². The molecular weight excluding hydrogens is 208 g/mol. The fourth-order valence-electron chi connectivity index (χ4n) is 5.01. The van der Waals surface area contributed by atoms with E-state index < -0.39 is 0 Å². The first-order valence-corrected chi connectivity index (χ1v) is 7.52. The SMILES string of the molecule is CC1(C)CCCC(CN)(N2CC3CCC2C3)C1. The van der Waals surface area contributed by atoms with Crippen molar-refractivity contribution in [3.8, 4) is 0 Å². The van der Waals surface area contributed by atoms with Crippen LogP contribution in [0.25, 0.3) is 0 Å².